The third-order valence-electron chi connectivity index (χ3n) is 6.66. The van der Waals surface area contributed by atoms with Crippen LogP contribution >= 0.6 is 0 Å². The SMILES string of the molecule is Cc1ccccc1C(=O)Nc1ccnn1C1CCN(C(C)CC2(C)CC2)CC1. The summed E-state index contributed by atoms with van der Waals surface area (Å²) in [6, 6.07) is 10.6. The number of carbonyl (C=O) groups excluding carboxylic acids is 1. The number of carbonyl (C=O) groups is 1. The summed E-state index contributed by atoms with van der Waals surface area (Å²) in [7, 11) is 0. The minimum atomic E-state index is -0.0661. The molecule has 1 saturated carbocycles. The molecular formula is C23H32N4O. The van der Waals surface area contributed by atoms with Crippen molar-refractivity contribution in [1.29, 1.82) is 0 Å². The molecule has 4 rings (SSSR count). The van der Waals surface area contributed by atoms with Crippen molar-refractivity contribution in [3.05, 3.63) is 47.7 Å². The van der Waals surface area contributed by atoms with Crippen molar-refractivity contribution in [3.63, 3.8) is 0 Å². The van der Waals surface area contributed by atoms with Crippen molar-refractivity contribution in [1.82, 2.24) is 14.7 Å². The van der Waals surface area contributed by atoms with Gasteiger partial charge in [0, 0.05) is 30.8 Å². The summed E-state index contributed by atoms with van der Waals surface area (Å²) in [6.07, 6.45) is 8.05. The summed E-state index contributed by atoms with van der Waals surface area (Å²) in [5.41, 5.74) is 2.30. The average Bonchev–Trinajstić information content (AvgIpc) is 3.23. The van der Waals surface area contributed by atoms with Crippen LogP contribution < -0.4 is 5.32 Å². The lowest BCUT2D eigenvalue weighted by Gasteiger charge is -2.37. The number of amides is 1. The molecule has 1 aromatic heterocycles. The second-order valence-electron chi connectivity index (χ2n) is 9.06. The van der Waals surface area contributed by atoms with Gasteiger partial charge in [-0.25, -0.2) is 4.68 Å². The van der Waals surface area contributed by atoms with Crippen molar-refractivity contribution in [2.24, 2.45) is 5.41 Å². The van der Waals surface area contributed by atoms with Gasteiger partial charge in [-0.15, -0.1) is 0 Å². The Labute approximate surface area is 168 Å². The molecule has 2 aromatic rings. The summed E-state index contributed by atoms with van der Waals surface area (Å²) in [5, 5.41) is 7.60. The van der Waals surface area contributed by atoms with E-state index in [-0.39, 0.29) is 5.91 Å². The Kier molecular flexibility index (Phi) is 5.28. The number of rotatable bonds is 6. The number of nitrogens with one attached hydrogen (secondary N) is 1. The lowest BCUT2D eigenvalue weighted by atomic mass is 9.96. The molecular weight excluding hydrogens is 348 g/mol. The predicted molar refractivity (Wildman–Crippen MR) is 113 cm³/mol. The first kappa shape index (κ1) is 19.2. The number of aromatic nitrogens is 2. The summed E-state index contributed by atoms with van der Waals surface area (Å²) in [6.45, 7) is 8.97. The number of hydrogen-bond donors (Lipinski definition) is 1. The molecule has 5 nitrogen and oxygen atoms in total. The maximum Gasteiger partial charge on any atom is 0.257 e. The number of anilines is 1. The molecule has 2 aliphatic rings. The molecule has 1 saturated heterocycles. The molecule has 1 aliphatic heterocycles. The van der Waals surface area contributed by atoms with Crippen LogP contribution in [0.2, 0.25) is 0 Å². The van der Waals surface area contributed by atoms with Crippen molar-refractivity contribution in [2.45, 2.75) is 65.0 Å². The van der Waals surface area contributed by atoms with Gasteiger partial charge in [-0.2, -0.15) is 5.10 Å². The van der Waals surface area contributed by atoms with Crippen LogP contribution in [0.4, 0.5) is 5.82 Å². The first-order chi connectivity index (χ1) is 13.5. The van der Waals surface area contributed by atoms with Crippen molar-refractivity contribution < 1.29 is 4.79 Å². The zero-order valence-electron chi connectivity index (χ0n) is 17.3. The second-order valence-corrected chi connectivity index (χ2v) is 9.06. The maximum absolute atomic E-state index is 12.7. The number of likely N-dealkylation sites (tertiary alicyclic amines) is 1. The number of aryl methyl sites for hydroxylation is 1. The molecule has 2 fully saturated rings. The van der Waals surface area contributed by atoms with Gasteiger partial charge in [0.2, 0.25) is 0 Å². The topological polar surface area (TPSA) is 50.2 Å². The first-order valence-electron chi connectivity index (χ1n) is 10.6. The van der Waals surface area contributed by atoms with Crippen LogP contribution in [0.15, 0.2) is 36.5 Å². The molecule has 1 aromatic carbocycles. The Hall–Kier alpha value is -2.14. The highest BCUT2D eigenvalue weighted by Gasteiger charge is 2.39. The van der Waals surface area contributed by atoms with E-state index in [4.69, 9.17) is 0 Å². The first-order valence-corrected chi connectivity index (χ1v) is 10.6. The molecule has 1 unspecified atom stereocenters. The fourth-order valence-corrected chi connectivity index (χ4v) is 4.55. The van der Waals surface area contributed by atoms with E-state index in [1.807, 2.05) is 41.9 Å². The zero-order valence-corrected chi connectivity index (χ0v) is 17.3. The largest absolute Gasteiger partial charge is 0.307 e. The normalized spacial score (nSPS) is 20.7. The Morgan fingerprint density at radius 1 is 1.25 bits per heavy atom. The van der Waals surface area contributed by atoms with Crippen LogP contribution in [-0.4, -0.2) is 39.7 Å². The van der Waals surface area contributed by atoms with Crippen LogP contribution in [0.25, 0.3) is 0 Å². The molecule has 2 heterocycles. The number of hydrogen-bond acceptors (Lipinski definition) is 3. The molecule has 0 radical (unpaired) electrons. The molecule has 5 heteroatoms. The molecule has 1 atom stereocenters. The standard InChI is InChI=1S/C23H32N4O/c1-17-6-4-5-7-20(17)22(28)25-21-8-13-24-27(21)19-9-14-26(15-10-19)18(2)16-23(3)11-12-23/h4-8,13,18-19H,9-12,14-16H2,1-3H3,(H,25,28). The van der Waals surface area contributed by atoms with Gasteiger partial charge in [-0.3, -0.25) is 4.79 Å². The Bertz CT molecular complexity index is 831. The molecule has 0 spiro atoms. The van der Waals surface area contributed by atoms with E-state index in [2.05, 4.69) is 29.2 Å². The van der Waals surface area contributed by atoms with E-state index in [0.29, 0.717) is 23.1 Å². The van der Waals surface area contributed by atoms with Crippen LogP contribution in [0, 0.1) is 12.3 Å². The molecule has 150 valence electrons. The average molecular weight is 381 g/mol. The molecule has 0 bridgehead atoms. The molecule has 28 heavy (non-hydrogen) atoms. The smallest absolute Gasteiger partial charge is 0.257 e. The van der Waals surface area contributed by atoms with Gasteiger partial charge in [0.05, 0.1) is 12.2 Å². The fraction of sp³-hybridized carbons (Fsp3) is 0.565. The van der Waals surface area contributed by atoms with Crippen LogP contribution in [0.3, 0.4) is 0 Å². The monoisotopic (exact) mass is 380 g/mol. The van der Waals surface area contributed by atoms with Crippen molar-refractivity contribution in [2.75, 3.05) is 18.4 Å². The summed E-state index contributed by atoms with van der Waals surface area (Å²) in [4.78, 5) is 15.3. The van der Waals surface area contributed by atoms with Gasteiger partial charge in [0.1, 0.15) is 5.82 Å². The minimum absolute atomic E-state index is 0.0661. The Balaban J connectivity index is 1.37. The summed E-state index contributed by atoms with van der Waals surface area (Å²) < 4.78 is 2.01. The highest BCUT2D eigenvalue weighted by molar-refractivity contribution is 6.04. The lowest BCUT2D eigenvalue weighted by Crippen LogP contribution is -2.41. The highest BCUT2D eigenvalue weighted by Crippen LogP contribution is 2.49. The summed E-state index contributed by atoms with van der Waals surface area (Å²) >= 11 is 0. The van der Waals surface area contributed by atoms with Gasteiger partial charge in [-0.1, -0.05) is 25.1 Å². The quantitative estimate of drug-likeness (QED) is 0.793. The molecule has 1 aliphatic carbocycles. The predicted octanol–water partition coefficient (Wildman–Crippen LogP) is 4.66. The highest BCUT2D eigenvalue weighted by atomic mass is 16.1. The number of piperidine rings is 1. The molecule has 1 N–H and O–H groups in total. The Morgan fingerprint density at radius 3 is 2.64 bits per heavy atom. The molecule has 1 amide bonds. The third kappa shape index (κ3) is 4.14. The minimum Gasteiger partial charge on any atom is -0.307 e. The van der Waals surface area contributed by atoms with E-state index in [1.165, 1.54) is 19.3 Å². The number of nitrogens with zero attached hydrogens (tertiary/aromatic N) is 3. The van der Waals surface area contributed by atoms with E-state index in [0.717, 1.165) is 37.3 Å². The van der Waals surface area contributed by atoms with Crippen LogP contribution in [0.1, 0.15) is 67.9 Å². The van der Waals surface area contributed by atoms with Crippen LogP contribution in [0.5, 0.6) is 0 Å². The van der Waals surface area contributed by atoms with Gasteiger partial charge in [-0.05, 0) is 63.0 Å². The van der Waals surface area contributed by atoms with E-state index in [1.54, 1.807) is 6.20 Å². The van der Waals surface area contributed by atoms with Gasteiger partial charge in [0.25, 0.3) is 5.91 Å². The second kappa shape index (κ2) is 7.70. The van der Waals surface area contributed by atoms with E-state index >= 15 is 0 Å². The van der Waals surface area contributed by atoms with Gasteiger partial charge >= 0.3 is 0 Å². The number of benzene rings is 1. The van der Waals surface area contributed by atoms with Gasteiger partial charge in [0.15, 0.2) is 0 Å². The Morgan fingerprint density at radius 2 is 1.96 bits per heavy atom. The summed E-state index contributed by atoms with van der Waals surface area (Å²) in [5.74, 6) is 0.730. The van der Waals surface area contributed by atoms with Crippen molar-refractivity contribution in [3.8, 4) is 0 Å². The fourth-order valence-electron chi connectivity index (χ4n) is 4.55. The zero-order chi connectivity index (χ0) is 19.7. The van der Waals surface area contributed by atoms with Crippen LogP contribution in [-0.2, 0) is 0 Å². The van der Waals surface area contributed by atoms with E-state index < -0.39 is 0 Å². The van der Waals surface area contributed by atoms with Gasteiger partial charge < -0.3 is 10.2 Å². The lowest BCUT2D eigenvalue weighted by molar-refractivity contribution is 0.102. The van der Waals surface area contributed by atoms with Crippen molar-refractivity contribution >= 4 is 11.7 Å². The van der Waals surface area contributed by atoms with E-state index in [9.17, 15) is 4.79 Å². The maximum atomic E-state index is 12.7. The third-order valence-corrected chi connectivity index (χ3v) is 6.66.